The summed E-state index contributed by atoms with van der Waals surface area (Å²) in [5.41, 5.74) is 0.901. The van der Waals surface area contributed by atoms with Crippen LogP contribution in [0, 0.1) is 0 Å². The van der Waals surface area contributed by atoms with Gasteiger partial charge >= 0.3 is 237 Å². The Balaban J connectivity index is 2.01. The summed E-state index contributed by atoms with van der Waals surface area (Å²) in [6, 6.07) is 14.0. The van der Waals surface area contributed by atoms with Gasteiger partial charge in [-0.15, -0.1) is 0 Å². The number of esters is 1. The van der Waals surface area contributed by atoms with Gasteiger partial charge in [-0.1, -0.05) is 30.3 Å². The molecule has 0 saturated carbocycles. The average Bonchev–Trinajstić information content (AvgIpc) is 3.01. The second-order valence-electron chi connectivity index (χ2n) is 11.3. The number of nitrogens with one attached hydrogen (secondary N) is 2. The van der Waals surface area contributed by atoms with E-state index >= 15 is 0 Å². The molecule has 0 unspecified atom stereocenters. The van der Waals surface area contributed by atoms with Crippen LogP contribution in [0.3, 0.4) is 0 Å². The van der Waals surface area contributed by atoms with Gasteiger partial charge in [-0.2, -0.15) is 0 Å². The topological polar surface area (TPSA) is 132 Å². The summed E-state index contributed by atoms with van der Waals surface area (Å²) in [5, 5.41) is 5.95. The molecule has 0 radical (unpaired) electrons. The van der Waals surface area contributed by atoms with Crippen LogP contribution < -0.4 is 20.1 Å². The molecule has 0 aliphatic heterocycles. The Hall–Kier alpha value is -3.76. The number of carbonyl (C=O) groups excluding carboxylic acids is 4. The summed E-state index contributed by atoms with van der Waals surface area (Å²) in [4.78, 5) is 52.9. The van der Waals surface area contributed by atoms with Crippen LogP contribution in [0.25, 0.3) is 0 Å². The molecule has 12 heteroatoms. The third-order valence-electron chi connectivity index (χ3n) is 6.54. The zero-order valence-corrected chi connectivity index (χ0v) is 28.9. The summed E-state index contributed by atoms with van der Waals surface area (Å²) >= 11 is 0.0588. The Labute approximate surface area is 272 Å². The first kappa shape index (κ1) is 37.4. The normalized spacial score (nSPS) is 11.6. The fourth-order valence-corrected chi connectivity index (χ4v) is 5.64. The van der Waals surface area contributed by atoms with E-state index in [9.17, 15) is 19.2 Å². The van der Waals surface area contributed by atoms with Crippen LogP contribution in [0.15, 0.2) is 48.5 Å². The Morgan fingerprint density at radius 1 is 0.933 bits per heavy atom. The number of amides is 3. The van der Waals surface area contributed by atoms with Gasteiger partial charge in [-0.05, 0) is 5.56 Å². The number of unbranched alkanes of at least 4 members (excludes halogenated alkanes) is 2. The number of hydrogen-bond acceptors (Lipinski definition) is 8. The fraction of sp³-hybridized carbons (Fsp3) is 0.515. The molecule has 2 aromatic carbocycles. The second-order valence-corrected chi connectivity index (χ2v) is 13.2. The van der Waals surface area contributed by atoms with E-state index < -0.39 is 23.6 Å². The zero-order chi connectivity index (χ0) is 33.2. The Bertz CT molecular complexity index is 1240. The average molecular weight is 693 g/mol. The number of hydrogen-bond donors (Lipinski definition) is 2. The van der Waals surface area contributed by atoms with Crippen LogP contribution in [-0.2, 0) is 37.0 Å². The first-order chi connectivity index (χ1) is 21.5. The van der Waals surface area contributed by atoms with Crippen LogP contribution in [0.4, 0.5) is 4.79 Å². The van der Waals surface area contributed by atoms with Gasteiger partial charge in [-0.3, -0.25) is 0 Å². The molecule has 0 heterocycles. The van der Waals surface area contributed by atoms with Crippen LogP contribution >= 0.6 is 0 Å². The number of nitrogens with zero attached hydrogens (tertiary/aromatic N) is 1. The third kappa shape index (κ3) is 14.3. The van der Waals surface area contributed by atoms with Crippen molar-refractivity contribution in [3.05, 3.63) is 59.7 Å². The van der Waals surface area contributed by atoms with Crippen LogP contribution in [0.5, 0.6) is 11.5 Å². The number of rotatable bonds is 18. The van der Waals surface area contributed by atoms with Gasteiger partial charge in [0, 0.05) is 0 Å². The molecule has 0 aromatic heterocycles. The standard InChI is InChI=1S/C33H47N3O8Se/c1-33(2,3)44-32(40)35-20-29(37)36(21-25-16-17-26(41-4)19-28(25)42-5)27(23-45-6)31(39)34-18-12-8-11-15-30(38)43-22-24-13-9-7-10-14-24/h7,9-10,13-14,16-17,19,27H,8,11-12,15,18,20-23H2,1-6H3,(H,34,39)(H,35,40)/t27-/m0/s1. The molecular formula is C33H47N3O8Se. The van der Waals surface area contributed by atoms with Crippen molar-refractivity contribution in [1.29, 1.82) is 0 Å². The van der Waals surface area contributed by atoms with Gasteiger partial charge in [0.25, 0.3) is 0 Å². The molecule has 1 atom stereocenters. The minimum absolute atomic E-state index is 0.0588. The van der Waals surface area contributed by atoms with Gasteiger partial charge < -0.3 is 0 Å². The van der Waals surface area contributed by atoms with E-state index in [0.29, 0.717) is 48.2 Å². The Kier molecular flexibility index (Phi) is 16.3. The van der Waals surface area contributed by atoms with E-state index in [0.717, 1.165) is 12.0 Å². The molecule has 0 fully saturated rings. The summed E-state index contributed by atoms with van der Waals surface area (Å²) in [6.07, 6.45) is 1.63. The van der Waals surface area contributed by atoms with Crippen molar-refractivity contribution in [2.24, 2.45) is 0 Å². The molecule has 3 amide bonds. The molecule has 248 valence electrons. The maximum absolute atomic E-state index is 13.6. The van der Waals surface area contributed by atoms with Crippen LogP contribution in [0.2, 0.25) is 11.1 Å². The summed E-state index contributed by atoms with van der Waals surface area (Å²) in [7, 11) is 3.07. The summed E-state index contributed by atoms with van der Waals surface area (Å²) < 4.78 is 21.4. The monoisotopic (exact) mass is 693 g/mol. The van der Waals surface area contributed by atoms with Crippen molar-refractivity contribution < 1.29 is 38.1 Å². The van der Waals surface area contributed by atoms with Crippen molar-refractivity contribution in [2.75, 3.05) is 27.3 Å². The molecule has 0 aliphatic carbocycles. The Morgan fingerprint density at radius 2 is 1.67 bits per heavy atom. The fourth-order valence-electron chi connectivity index (χ4n) is 4.28. The van der Waals surface area contributed by atoms with E-state index in [1.165, 1.54) is 12.0 Å². The Morgan fingerprint density at radius 3 is 2.31 bits per heavy atom. The van der Waals surface area contributed by atoms with E-state index in [4.69, 9.17) is 18.9 Å². The van der Waals surface area contributed by atoms with Gasteiger partial charge in [0.2, 0.25) is 0 Å². The molecule has 0 saturated heterocycles. The summed E-state index contributed by atoms with van der Waals surface area (Å²) in [5.74, 6) is 2.14. The van der Waals surface area contributed by atoms with Crippen molar-refractivity contribution in [3.63, 3.8) is 0 Å². The van der Waals surface area contributed by atoms with Crippen molar-refractivity contribution in [1.82, 2.24) is 15.5 Å². The van der Waals surface area contributed by atoms with E-state index in [1.807, 2.05) is 36.2 Å². The van der Waals surface area contributed by atoms with Gasteiger partial charge in [0.15, 0.2) is 0 Å². The van der Waals surface area contributed by atoms with Gasteiger partial charge in [0.05, 0.1) is 0 Å². The van der Waals surface area contributed by atoms with Crippen molar-refractivity contribution in [2.45, 2.75) is 82.4 Å². The number of ether oxygens (including phenoxy) is 4. The summed E-state index contributed by atoms with van der Waals surface area (Å²) in [6.45, 7) is 5.60. The molecule has 0 bridgehead atoms. The van der Waals surface area contributed by atoms with Crippen molar-refractivity contribution in [3.8, 4) is 11.5 Å². The third-order valence-corrected chi connectivity index (χ3v) is 7.90. The molecule has 11 nitrogen and oxygen atoms in total. The molecule has 2 N–H and O–H groups in total. The predicted molar refractivity (Wildman–Crippen MR) is 172 cm³/mol. The first-order valence-corrected chi connectivity index (χ1v) is 17.8. The van der Waals surface area contributed by atoms with E-state index in [2.05, 4.69) is 10.6 Å². The number of benzene rings is 2. The molecular weight excluding hydrogens is 645 g/mol. The number of methoxy groups -OCH3 is 2. The van der Waals surface area contributed by atoms with Gasteiger partial charge in [0.1, 0.15) is 0 Å². The first-order valence-electron chi connectivity index (χ1n) is 14.9. The predicted octanol–water partition coefficient (Wildman–Crippen LogP) is 4.52. The SMILES string of the molecule is COc1ccc(CN(C(=O)CNC(=O)OC(C)(C)C)[C@@H](C[Se]C)C(=O)NCCCCCC(=O)OCc2ccccc2)c(OC)c1. The number of carbonyl (C=O) groups is 4. The van der Waals surface area contributed by atoms with Crippen LogP contribution in [0.1, 0.15) is 57.6 Å². The zero-order valence-electron chi connectivity index (χ0n) is 27.2. The molecule has 0 spiro atoms. The molecule has 2 aromatic rings. The molecule has 0 aliphatic rings. The molecule has 45 heavy (non-hydrogen) atoms. The quantitative estimate of drug-likeness (QED) is 0.133. The maximum atomic E-state index is 13.6. The minimum atomic E-state index is -0.761. The van der Waals surface area contributed by atoms with E-state index in [1.54, 1.807) is 46.1 Å². The van der Waals surface area contributed by atoms with Crippen LogP contribution in [-0.4, -0.2) is 82.7 Å². The second kappa shape index (κ2) is 19.6. The van der Waals surface area contributed by atoms with Crippen molar-refractivity contribution >= 4 is 38.8 Å². The molecule has 2 rings (SSSR count). The van der Waals surface area contributed by atoms with Gasteiger partial charge in [-0.25, -0.2) is 0 Å². The number of alkyl carbamates (subject to hydrolysis) is 1. The van der Waals surface area contributed by atoms with E-state index in [-0.39, 0.29) is 46.5 Å².